The third kappa shape index (κ3) is 3.88. The van der Waals surface area contributed by atoms with Crippen molar-refractivity contribution >= 4 is 23.2 Å². The summed E-state index contributed by atoms with van der Waals surface area (Å²) in [5.74, 6) is -0.104. The largest absolute Gasteiger partial charge is 0.347 e. The Kier molecular flexibility index (Phi) is 5.06. The van der Waals surface area contributed by atoms with Crippen molar-refractivity contribution in [3.63, 3.8) is 0 Å². The van der Waals surface area contributed by atoms with E-state index in [1.165, 1.54) is 6.92 Å². The Labute approximate surface area is 162 Å². The zero-order valence-electron chi connectivity index (χ0n) is 15.7. The van der Waals surface area contributed by atoms with Crippen LogP contribution in [0.4, 0.5) is 11.5 Å². The van der Waals surface area contributed by atoms with Crippen molar-refractivity contribution in [1.29, 1.82) is 0 Å². The van der Waals surface area contributed by atoms with Crippen LogP contribution in [0.25, 0.3) is 0 Å². The minimum Gasteiger partial charge on any atom is -0.347 e. The van der Waals surface area contributed by atoms with Crippen LogP contribution < -0.4 is 5.32 Å². The van der Waals surface area contributed by atoms with E-state index in [1.807, 2.05) is 0 Å². The van der Waals surface area contributed by atoms with E-state index in [0.717, 1.165) is 5.69 Å². The Morgan fingerprint density at radius 2 is 1.68 bits per heavy atom. The summed E-state index contributed by atoms with van der Waals surface area (Å²) < 4.78 is 11.4. The van der Waals surface area contributed by atoms with Gasteiger partial charge in [0.25, 0.3) is 5.91 Å². The average molecular weight is 382 g/mol. The van der Waals surface area contributed by atoms with Gasteiger partial charge in [0.1, 0.15) is 0 Å². The molecule has 2 aliphatic rings. The van der Waals surface area contributed by atoms with Crippen LogP contribution in [-0.4, -0.2) is 58.9 Å². The number of nitrogens with zero attached hydrogens (tertiary/aromatic N) is 3. The molecule has 2 aliphatic heterocycles. The van der Waals surface area contributed by atoms with Crippen LogP contribution in [0.15, 0.2) is 36.4 Å². The highest BCUT2D eigenvalue weighted by Crippen LogP contribution is 2.31. The van der Waals surface area contributed by atoms with Gasteiger partial charge in [-0.25, -0.2) is 0 Å². The van der Waals surface area contributed by atoms with Crippen molar-refractivity contribution in [2.75, 3.05) is 31.6 Å². The van der Waals surface area contributed by atoms with Crippen molar-refractivity contribution in [3.05, 3.63) is 47.7 Å². The molecule has 28 heavy (non-hydrogen) atoms. The highest BCUT2D eigenvalue weighted by molar-refractivity contribution is 5.94. The van der Waals surface area contributed by atoms with E-state index in [1.54, 1.807) is 41.3 Å². The number of likely N-dealkylation sites (tertiary alicyclic amines) is 1. The van der Waals surface area contributed by atoms with E-state index >= 15 is 0 Å². The Balaban J connectivity index is 1.36. The molecule has 1 N–H and O–H groups in total. The molecule has 4 rings (SSSR count). The van der Waals surface area contributed by atoms with Gasteiger partial charge in [0.2, 0.25) is 0 Å². The van der Waals surface area contributed by atoms with Gasteiger partial charge in [-0.3, -0.25) is 9.59 Å². The van der Waals surface area contributed by atoms with Crippen LogP contribution in [0.3, 0.4) is 0 Å². The fourth-order valence-corrected chi connectivity index (χ4v) is 3.45. The van der Waals surface area contributed by atoms with Crippen molar-refractivity contribution in [2.45, 2.75) is 25.6 Å². The second-order valence-electron chi connectivity index (χ2n) is 6.96. The minimum atomic E-state index is -0.506. The first-order valence-corrected chi connectivity index (χ1v) is 9.34. The first kappa shape index (κ1) is 18.5. The van der Waals surface area contributed by atoms with E-state index in [-0.39, 0.29) is 11.7 Å². The molecule has 1 spiro atoms. The Bertz CT molecular complexity index is 851. The number of ketones is 1. The smallest absolute Gasteiger partial charge is 0.274 e. The molecule has 0 radical (unpaired) electrons. The molecule has 8 heteroatoms. The number of Topliss-reactive ketones (excluding diaryl/α,β-unsaturated/α-hetero) is 1. The van der Waals surface area contributed by atoms with Gasteiger partial charge >= 0.3 is 0 Å². The lowest BCUT2D eigenvalue weighted by atomic mass is 10.0. The highest BCUT2D eigenvalue weighted by Gasteiger charge is 2.41. The number of carbonyl (C=O) groups is 2. The molecule has 8 nitrogen and oxygen atoms in total. The van der Waals surface area contributed by atoms with E-state index < -0.39 is 5.79 Å². The zero-order valence-corrected chi connectivity index (χ0v) is 15.7. The second kappa shape index (κ2) is 7.65. The van der Waals surface area contributed by atoms with E-state index in [4.69, 9.17) is 9.47 Å². The molecule has 2 saturated heterocycles. The number of carbonyl (C=O) groups excluding carboxylic acids is 2. The predicted octanol–water partition coefficient (Wildman–Crippen LogP) is 2.40. The van der Waals surface area contributed by atoms with Crippen molar-refractivity contribution in [1.82, 2.24) is 15.1 Å². The number of piperidine rings is 1. The molecule has 3 heterocycles. The van der Waals surface area contributed by atoms with Crippen LogP contribution >= 0.6 is 0 Å². The summed E-state index contributed by atoms with van der Waals surface area (Å²) in [6, 6.07) is 10.5. The Morgan fingerprint density at radius 1 is 1.00 bits per heavy atom. The Hall–Kier alpha value is -2.84. The summed E-state index contributed by atoms with van der Waals surface area (Å²) >= 11 is 0. The third-order valence-corrected chi connectivity index (χ3v) is 5.07. The van der Waals surface area contributed by atoms with E-state index in [9.17, 15) is 9.59 Å². The number of rotatable bonds is 4. The van der Waals surface area contributed by atoms with E-state index in [2.05, 4.69) is 15.5 Å². The first-order chi connectivity index (χ1) is 13.5. The summed E-state index contributed by atoms with van der Waals surface area (Å²) in [7, 11) is 0. The lowest BCUT2D eigenvalue weighted by Gasteiger charge is -2.37. The minimum absolute atomic E-state index is 0.0175. The Morgan fingerprint density at radius 3 is 2.25 bits per heavy atom. The van der Waals surface area contributed by atoms with Gasteiger partial charge in [0.05, 0.1) is 13.2 Å². The molecular formula is C20H22N4O4. The maximum Gasteiger partial charge on any atom is 0.274 e. The van der Waals surface area contributed by atoms with Crippen molar-refractivity contribution in [2.24, 2.45) is 0 Å². The van der Waals surface area contributed by atoms with Crippen molar-refractivity contribution in [3.8, 4) is 0 Å². The lowest BCUT2D eigenvalue weighted by Crippen LogP contribution is -2.47. The number of ether oxygens (including phenoxy) is 2. The molecule has 0 unspecified atom stereocenters. The lowest BCUT2D eigenvalue weighted by molar-refractivity contribution is -0.181. The fourth-order valence-electron chi connectivity index (χ4n) is 3.45. The summed E-state index contributed by atoms with van der Waals surface area (Å²) in [5.41, 5.74) is 1.74. The van der Waals surface area contributed by atoms with Gasteiger partial charge in [-0.1, -0.05) is 0 Å². The van der Waals surface area contributed by atoms with Crippen LogP contribution in [0.2, 0.25) is 0 Å². The molecule has 0 saturated carbocycles. The summed E-state index contributed by atoms with van der Waals surface area (Å²) in [4.78, 5) is 25.7. The van der Waals surface area contributed by atoms with Gasteiger partial charge < -0.3 is 19.7 Å². The standard InChI is InChI=1S/C20H22N4O4/c1-14(25)15-2-4-16(5-3-15)21-18-7-6-17(22-23-18)19(26)24-10-8-20(9-11-24)27-12-13-28-20/h2-7H,8-13H2,1H3,(H,21,23). The van der Waals surface area contributed by atoms with E-state index in [0.29, 0.717) is 56.2 Å². The van der Waals surface area contributed by atoms with Gasteiger partial charge in [-0.15, -0.1) is 10.2 Å². The molecule has 0 bridgehead atoms. The predicted molar refractivity (Wildman–Crippen MR) is 102 cm³/mol. The van der Waals surface area contributed by atoms with Crippen LogP contribution in [0, 0.1) is 0 Å². The van der Waals surface area contributed by atoms with Gasteiger partial charge in [0.15, 0.2) is 23.1 Å². The molecule has 2 fully saturated rings. The second-order valence-corrected chi connectivity index (χ2v) is 6.96. The molecule has 1 aromatic carbocycles. The molecule has 2 aromatic rings. The van der Waals surface area contributed by atoms with Crippen LogP contribution in [0.1, 0.15) is 40.6 Å². The molecule has 0 atom stereocenters. The fraction of sp³-hybridized carbons (Fsp3) is 0.400. The SMILES string of the molecule is CC(=O)c1ccc(Nc2ccc(C(=O)N3CCC4(CC3)OCCO4)nn2)cc1. The molecular weight excluding hydrogens is 360 g/mol. The quantitative estimate of drug-likeness (QED) is 0.812. The molecule has 146 valence electrons. The number of hydrogen-bond acceptors (Lipinski definition) is 7. The van der Waals surface area contributed by atoms with Crippen LogP contribution in [0.5, 0.6) is 0 Å². The number of nitrogens with one attached hydrogen (secondary N) is 1. The third-order valence-electron chi connectivity index (χ3n) is 5.07. The highest BCUT2D eigenvalue weighted by atomic mass is 16.7. The maximum absolute atomic E-state index is 12.7. The van der Waals surface area contributed by atoms with Crippen LogP contribution in [-0.2, 0) is 9.47 Å². The average Bonchev–Trinajstić information content (AvgIpc) is 3.17. The number of aromatic nitrogens is 2. The summed E-state index contributed by atoms with van der Waals surface area (Å²) in [5, 5.41) is 11.3. The molecule has 1 aromatic heterocycles. The molecule has 1 amide bonds. The summed E-state index contributed by atoms with van der Waals surface area (Å²) in [6.45, 7) is 3.91. The molecule has 0 aliphatic carbocycles. The number of amides is 1. The number of benzene rings is 1. The van der Waals surface area contributed by atoms with Gasteiger partial charge in [-0.2, -0.15) is 0 Å². The van der Waals surface area contributed by atoms with Gasteiger partial charge in [-0.05, 0) is 43.3 Å². The van der Waals surface area contributed by atoms with Crippen molar-refractivity contribution < 1.29 is 19.1 Å². The number of hydrogen-bond donors (Lipinski definition) is 1. The maximum atomic E-state index is 12.7. The number of anilines is 2. The topological polar surface area (TPSA) is 93.7 Å². The normalized spacial score (nSPS) is 18.2. The monoisotopic (exact) mass is 382 g/mol. The zero-order chi connectivity index (χ0) is 19.6. The van der Waals surface area contributed by atoms with Gasteiger partial charge in [0, 0.05) is 37.2 Å². The first-order valence-electron chi connectivity index (χ1n) is 9.34. The summed E-state index contributed by atoms with van der Waals surface area (Å²) in [6.07, 6.45) is 1.34.